The number of esters is 1. The zero-order valence-electron chi connectivity index (χ0n) is 18.9. The molecule has 0 radical (unpaired) electrons. The molecule has 1 amide bonds. The van der Waals surface area contributed by atoms with Crippen molar-refractivity contribution in [1.29, 1.82) is 0 Å². The summed E-state index contributed by atoms with van der Waals surface area (Å²) in [6, 6.07) is 18.4. The second-order valence-corrected chi connectivity index (χ2v) is 6.76. The summed E-state index contributed by atoms with van der Waals surface area (Å²) < 4.78 is 26.5. The minimum Gasteiger partial charge on any atom is -0.497 e. The van der Waals surface area contributed by atoms with Crippen LogP contribution >= 0.6 is 0 Å². The third-order valence-corrected chi connectivity index (χ3v) is 4.55. The first kappa shape index (κ1) is 24.1. The Morgan fingerprint density at radius 2 is 1.53 bits per heavy atom. The van der Waals surface area contributed by atoms with Crippen LogP contribution in [0.25, 0.3) is 0 Å². The molecular formula is C25H24N2O7. The van der Waals surface area contributed by atoms with E-state index in [2.05, 4.69) is 10.5 Å². The second-order valence-electron chi connectivity index (χ2n) is 6.76. The molecule has 3 rings (SSSR count). The van der Waals surface area contributed by atoms with Gasteiger partial charge >= 0.3 is 5.97 Å². The Labute approximate surface area is 196 Å². The number of hydrazone groups is 1. The monoisotopic (exact) mass is 464 g/mol. The number of nitrogens with zero attached hydrogens (tertiary/aromatic N) is 1. The van der Waals surface area contributed by atoms with E-state index in [0.29, 0.717) is 34.1 Å². The SMILES string of the molecule is COc1ccc(C(=O)Oc2ccc(/C=N/NC(=O)COc3ccccc3OC)cc2OC)cc1. The average Bonchev–Trinajstić information content (AvgIpc) is 2.88. The van der Waals surface area contributed by atoms with Crippen LogP contribution in [-0.4, -0.2) is 46.0 Å². The van der Waals surface area contributed by atoms with Crippen LogP contribution in [-0.2, 0) is 4.79 Å². The van der Waals surface area contributed by atoms with Gasteiger partial charge in [-0.15, -0.1) is 0 Å². The van der Waals surface area contributed by atoms with E-state index >= 15 is 0 Å². The average molecular weight is 464 g/mol. The van der Waals surface area contributed by atoms with Crippen molar-refractivity contribution in [2.24, 2.45) is 5.10 Å². The Balaban J connectivity index is 1.56. The van der Waals surface area contributed by atoms with Crippen LogP contribution in [0, 0.1) is 0 Å². The molecule has 0 aromatic heterocycles. The molecular weight excluding hydrogens is 440 g/mol. The number of methoxy groups -OCH3 is 3. The Morgan fingerprint density at radius 3 is 2.21 bits per heavy atom. The van der Waals surface area contributed by atoms with E-state index in [1.165, 1.54) is 20.4 Å². The minimum atomic E-state index is -0.537. The number of hydrogen-bond donors (Lipinski definition) is 1. The highest BCUT2D eigenvalue weighted by Crippen LogP contribution is 2.29. The zero-order chi connectivity index (χ0) is 24.3. The number of para-hydroxylation sites is 2. The van der Waals surface area contributed by atoms with Crippen molar-refractivity contribution >= 4 is 18.1 Å². The van der Waals surface area contributed by atoms with Crippen molar-refractivity contribution < 1.29 is 33.3 Å². The summed E-state index contributed by atoms with van der Waals surface area (Å²) in [7, 11) is 4.52. The fraction of sp³-hybridized carbons (Fsp3) is 0.160. The third kappa shape index (κ3) is 6.49. The molecule has 0 saturated carbocycles. The highest BCUT2D eigenvalue weighted by Gasteiger charge is 2.13. The van der Waals surface area contributed by atoms with Crippen molar-refractivity contribution in [3.05, 3.63) is 77.9 Å². The Bertz CT molecular complexity index is 1160. The Kier molecular flexibility index (Phi) is 8.45. The van der Waals surface area contributed by atoms with Gasteiger partial charge in [-0.25, -0.2) is 10.2 Å². The summed E-state index contributed by atoms with van der Waals surface area (Å²) in [5.74, 6) is 1.21. The van der Waals surface area contributed by atoms with E-state index in [-0.39, 0.29) is 12.4 Å². The summed E-state index contributed by atoms with van der Waals surface area (Å²) in [4.78, 5) is 24.4. The lowest BCUT2D eigenvalue weighted by Crippen LogP contribution is -2.24. The number of amides is 1. The van der Waals surface area contributed by atoms with E-state index in [9.17, 15) is 9.59 Å². The molecule has 0 spiro atoms. The Morgan fingerprint density at radius 1 is 0.824 bits per heavy atom. The molecule has 34 heavy (non-hydrogen) atoms. The van der Waals surface area contributed by atoms with Gasteiger partial charge in [-0.3, -0.25) is 4.79 Å². The van der Waals surface area contributed by atoms with Crippen molar-refractivity contribution in [3.8, 4) is 28.7 Å². The van der Waals surface area contributed by atoms with Crippen LogP contribution in [0.2, 0.25) is 0 Å². The first-order valence-electron chi connectivity index (χ1n) is 10.2. The lowest BCUT2D eigenvalue weighted by atomic mass is 10.2. The second kappa shape index (κ2) is 11.9. The minimum absolute atomic E-state index is 0.235. The normalized spacial score (nSPS) is 10.4. The fourth-order valence-corrected chi connectivity index (χ4v) is 2.83. The molecule has 0 bridgehead atoms. The molecule has 9 nitrogen and oxygen atoms in total. The first-order chi connectivity index (χ1) is 16.5. The van der Waals surface area contributed by atoms with Crippen LogP contribution in [0.5, 0.6) is 28.7 Å². The molecule has 0 aliphatic carbocycles. The van der Waals surface area contributed by atoms with Gasteiger partial charge in [-0.1, -0.05) is 12.1 Å². The number of rotatable bonds is 10. The van der Waals surface area contributed by atoms with Crippen LogP contribution in [0.1, 0.15) is 15.9 Å². The number of nitrogens with one attached hydrogen (secondary N) is 1. The molecule has 3 aromatic rings. The summed E-state index contributed by atoms with van der Waals surface area (Å²) >= 11 is 0. The van der Waals surface area contributed by atoms with Crippen molar-refractivity contribution in [1.82, 2.24) is 5.43 Å². The zero-order valence-corrected chi connectivity index (χ0v) is 18.9. The molecule has 0 saturated heterocycles. The van der Waals surface area contributed by atoms with Gasteiger partial charge < -0.3 is 23.7 Å². The molecule has 0 aliphatic rings. The van der Waals surface area contributed by atoms with E-state index < -0.39 is 11.9 Å². The predicted molar refractivity (Wildman–Crippen MR) is 125 cm³/mol. The van der Waals surface area contributed by atoms with Crippen molar-refractivity contribution in [2.75, 3.05) is 27.9 Å². The molecule has 0 aliphatic heterocycles. The molecule has 0 heterocycles. The Hall–Kier alpha value is -4.53. The standard InChI is InChI=1S/C25H24N2O7/c1-30-19-11-9-18(10-12-19)25(29)34-22-13-8-17(14-23(22)32-3)15-26-27-24(28)16-33-21-7-5-4-6-20(21)31-2/h4-15H,16H2,1-3H3,(H,27,28)/b26-15+. The van der Waals surface area contributed by atoms with Crippen LogP contribution in [0.15, 0.2) is 71.8 Å². The van der Waals surface area contributed by atoms with Gasteiger partial charge in [0, 0.05) is 0 Å². The predicted octanol–water partition coefficient (Wildman–Crippen LogP) is 3.46. The number of hydrogen-bond acceptors (Lipinski definition) is 8. The summed E-state index contributed by atoms with van der Waals surface area (Å²) in [5.41, 5.74) is 3.37. The molecule has 9 heteroatoms. The molecule has 1 N–H and O–H groups in total. The molecule has 0 atom stereocenters. The lowest BCUT2D eigenvalue weighted by Gasteiger charge is -2.10. The van der Waals surface area contributed by atoms with E-state index in [1.807, 2.05) is 0 Å². The smallest absolute Gasteiger partial charge is 0.343 e. The van der Waals surface area contributed by atoms with Gasteiger partial charge in [-0.05, 0) is 60.2 Å². The van der Waals surface area contributed by atoms with Gasteiger partial charge in [0.2, 0.25) is 0 Å². The summed E-state index contributed by atoms with van der Waals surface area (Å²) in [5, 5.41) is 3.92. The van der Waals surface area contributed by atoms with Gasteiger partial charge in [-0.2, -0.15) is 5.10 Å². The van der Waals surface area contributed by atoms with Gasteiger partial charge in [0.25, 0.3) is 5.91 Å². The van der Waals surface area contributed by atoms with Crippen molar-refractivity contribution in [3.63, 3.8) is 0 Å². The fourth-order valence-electron chi connectivity index (χ4n) is 2.83. The number of carbonyl (C=O) groups excluding carboxylic acids is 2. The van der Waals surface area contributed by atoms with Gasteiger partial charge in [0.1, 0.15) is 5.75 Å². The molecule has 0 fully saturated rings. The van der Waals surface area contributed by atoms with E-state index in [0.717, 1.165) is 0 Å². The number of ether oxygens (including phenoxy) is 5. The maximum absolute atomic E-state index is 12.4. The summed E-state index contributed by atoms with van der Waals surface area (Å²) in [6.45, 7) is -0.235. The van der Waals surface area contributed by atoms with Crippen LogP contribution < -0.4 is 29.1 Å². The maximum atomic E-state index is 12.4. The number of benzene rings is 3. The summed E-state index contributed by atoms with van der Waals surface area (Å²) in [6.07, 6.45) is 1.43. The lowest BCUT2D eigenvalue weighted by molar-refractivity contribution is -0.123. The van der Waals surface area contributed by atoms with Gasteiger partial charge in [0.15, 0.2) is 29.6 Å². The first-order valence-corrected chi connectivity index (χ1v) is 10.2. The quantitative estimate of drug-likeness (QED) is 0.212. The third-order valence-electron chi connectivity index (χ3n) is 4.55. The highest BCUT2D eigenvalue weighted by atomic mass is 16.6. The van der Waals surface area contributed by atoms with Crippen LogP contribution in [0.3, 0.4) is 0 Å². The van der Waals surface area contributed by atoms with E-state index in [4.69, 9.17) is 23.7 Å². The maximum Gasteiger partial charge on any atom is 0.343 e. The molecule has 0 unspecified atom stereocenters. The van der Waals surface area contributed by atoms with Gasteiger partial charge in [0.05, 0.1) is 33.1 Å². The van der Waals surface area contributed by atoms with E-state index in [1.54, 1.807) is 73.8 Å². The topological polar surface area (TPSA) is 105 Å². The van der Waals surface area contributed by atoms with Crippen LogP contribution in [0.4, 0.5) is 0 Å². The largest absolute Gasteiger partial charge is 0.497 e. The molecule has 176 valence electrons. The van der Waals surface area contributed by atoms with Crippen molar-refractivity contribution in [2.45, 2.75) is 0 Å². The number of carbonyl (C=O) groups is 2. The molecule has 3 aromatic carbocycles. The highest BCUT2D eigenvalue weighted by molar-refractivity contribution is 5.92.